The summed E-state index contributed by atoms with van der Waals surface area (Å²) in [4.78, 5) is 21.4. The molecule has 0 saturated heterocycles. The molecule has 0 heterocycles. The molecule has 0 aromatic carbocycles. The third-order valence-corrected chi connectivity index (χ3v) is 1.92. The molecule has 0 fully saturated rings. The molecule has 0 aliphatic heterocycles. The van der Waals surface area contributed by atoms with Gasteiger partial charge in [0.1, 0.15) is 5.94 Å². The standard InChI is InChI=1S/C11H16O3/c1-4-5-9(7-12)10(11(13)14)6-8(2)3/h4,8,10H,1,5-6H2,2-3H3,(H,13,14)/t10-/m1/s1. The van der Waals surface area contributed by atoms with Crippen LogP contribution in [0.3, 0.4) is 0 Å². The van der Waals surface area contributed by atoms with Crippen LogP contribution in [0.25, 0.3) is 0 Å². The van der Waals surface area contributed by atoms with E-state index in [4.69, 9.17) is 5.11 Å². The monoisotopic (exact) mass is 196 g/mol. The van der Waals surface area contributed by atoms with Gasteiger partial charge in [-0.25, -0.2) is 4.79 Å². The molecule has 1 N–H and O–H groups in total. The number of allylic oxidation sites excluding steroid dienone is 1. The molecular weight excluding hydrogens is 180 g/mol. The van der Waals surface area contributed by atoms with Crippen molar-refractivity contribution in [3.63, 3.8) is 0 Å². The Morgan fingerprint density at radius 1 is 1.57 bits per heavy atom. The topological polar surface area (TPSA) is 54.4 Å². The summed E-state index contributed by atoms with van der Waals surface area (Å²) < 4.78 is 0. The van der Waals surface area contributed by atoms with Crippen LogP contribution >= 0.6 is 0 Å². The van der Waals surface area contributed by atoms with E-state index in [-0.39, 0.29) is 11.5 Å². The molecular formula is C11H16O3. The summed E-state index contributed by atoms with van der Waals surface area (Å²) >= 11 is 0. The zero-order valence-corrected chi connectivity index (χ0v) is 8.62. The highest BCUT2D eigenvalue weighted by molar-refractivity contribution is 5.77. The Hall–Kier alpha value is -1.34. The molecule has 0 aliphatic rings. The van der Waals surface area contributed by atoms with Crippen molar-refractivity contribution in [3.05, 3.63) is 18.2 Å². The molecule has 0 bridgehead atoms. The summed E-state index contributed by atoms with van der Waals surface area (Å²) in [5.74, 6) is 0.268. The van der Waals surface area contributed by atoms with Crippen LogP contribution in [0.15, 0.2) is 18.2 Å². The van der Waals surface area contributed by atoms with E-state index >= 15 is 0 Å². The normalized spacial score (nSPS) is 11.9. The molecule has 0 radical (unpaired) electrons. The third kappa shape index (κ3) is 4.06. The van der Waals surface area contributed by atoms with Crippen LogP contribution in [-0.2, 0) is 9.59 Å². The van der Waals surface area contributed by atoms with Crippen LogP contribution in [0, 0.1) is 11.8 Å². The highest BCUT2D eigenvalue weighted by Crippen LogP contribution is 2.21. The molecule has 1 atom stereocenters. The van der Waals surface area contributed by atoms with Gasteiger partial charge in [-0.2, -0.15) is 0 Å². The quantitative estimate of drug-likeness (QED) is 0.522. The van der Waals surface area contributed by atoms with Crippen molar-refractivity contribution in [1.82, 2.24) is 0 Å². The number of aliphatic carboxylic acids is 1. The van der Waals surface area contributed by atoms with Crippen LogP contribution in [0.2, 0.25) is 0 Å². The van der Waals surface area contributed by atoms with E-state index in [1.807, 2.05) is 13.8 Å². The Labute approximate surface area is 84.1 Å². The SMILES string of the molecule is C=CCC(=C=O)[C@@H](CC(C)C)C(=O)O. The molecule has 0 saturated carbocycles. The number of hydrogen-bond donors (Lipinski definition) is 1. The Kier molecular flexibility index (Phi) is 5.58. The first kappa shape index (κ1) is 12.7. The third-order valence-electron chi connectivity index (χ3n) is 1.92. The predicted molar refractivity (Wildman–Crippen MR) is 54.6 cm³/mol. The lowest BCUT2D eigenvalue weighted by atomic mass is 9.89. The molecule has 14 heavy (non-hydrogen) atoms. The van der Waals surface area contributed by atoms with Crippen molar-refractivity contribution < 1.29 is 14.7 Å². The first-order chi connectivity index (χ1) is 6.52. The van der Waals surface area contributed by atoms with Gasteiger partial charge in [0.05, 0.1) is 5.92 Å². The van der Waals surface area contributed by atoms with Crippen LogP contribution in [0.1, 0.15) is 26.7 Å². The molecule has 3 nitrogen and oxygen atoms in total. The maximum Gasteiger partial charge on any atom is 0.311 e. The molecule has 0 spiro atoms. The fraction of sp³-hybridized carbons (Fsp3) is 0.545. The van der Waals surface area contributed by atoms with E-state index in [2.05, 4.69) is 6.58 Å². The summed E-state index contributed by atoms with van der Waals surface area (Å²) in [6.07, 6.45) is 2.29. The molecule has 0 amide bonds. The zero-order valence-electron chi connectivity index (χ0n) is 8.62. The Bertz CT molecular complexity index is 260. The molecule has 0 aromatic heterocycles. The fourth-order valence-electron chi connectivity index (χ4n) is 1.27. The average Bonchev–Trinajstić information content (AvgIpc) is 2.10. The van der Waals surface area contributed by atoms with Gasteiger partial charge in [0, 0.05) is 5.57 Å². The number of hydrogen-bond acceptors (Lipinski definition) is 2. The van der Waals surface area contributed by atoms with Crippen molar-refractivity contribution in [2.75, 3.05) is 0 Å². The largest absolute Gasteiger partial charge is 0.481 e. The molecule has 3 heteroatoms. The van der Waals surface area contributed by atoms with Gasteiger partial charge in [-0.05, 0) is 18.8 Å². The van der Waals surface area contributed by atoms with Crippen LogP contribution in [0.4, 0.5) is 0 Å². The van der Waals surface area contributed by atoms with Crippen molar-refractivity contribution >= 4 is 11.9 Å². The fourth-order valence-corrected chi connectivity index (χ4v) is 1.27. The Balaban J connectivity index is 4.70. The number of carboxylic acid groups (broad SMARTS) is 1. The van der Waals surface area contributed by atoms with Gasteiger partial charge >= 0.3 is 5.97 Å². The van der Waals surface area contributed by atoms with Crippen LogP contribution in [0.5, 0.6) is 0 Å². The first-order valence-electron chi connectivity index (χ1n) is 4.60. The van der Waals surface area contributed by atoms with Gasteiger partial charge in [-0.3, -0.25) is 4.79 Å². The van der Waals surface area contributed by atoms with Crippen molar-refractivity contribution in [1.29, 1.82) is 0 Å². The lowest BCUT2D eigenvalue weighted by Crippen LogP contribution is -2.18. The van der Waals surface area contributed by atoms with Gasteiger partial charge in [-0.15, -0.1) is 6.58 Å². The van der Waals surface area contributed by atoms with E-state index in [1.165, 1.54) is 6.08 Å². The minimum Gasteiger partial charge on any atom is -0.481 e. The summed E-state index contributed by atoms with van der Waals surface area (Å²) in [7, 11) is 0. The minimum absolute atomic E-state index is 0.240. The van der Waals surface area contributed by atoms with Crippen molar-refractivity contribution in [2.24, 2.45) is 11.8 Å². The maximum absolute atomic E-state index is 10.9. The minimum atomic E-state index is -0.959. The number of carbonyl (C=O) groups is 1. The molecule has 0 rings (SSSR count). The smallest absolute Gasteiger partial charge is 0.311 e. The lowest BCUT2D eigenvalue weighted by molar-refractivity contribution is -0.140. The van der Waals surface area contributed by atoms with E-state index in [9.17, 15) is 9.59 Å². The van der Waals surface area contributed by atoms with E-state index in [0.29, 0.717) is 12.8 Å². The number of carboxylic acids is 1. The Morgan fingerprint density at radius 3 is 2.43 bits per heavy atom. The predicted octanol–water partition coefficient (Wildman–Crippen LogP) is 2.07. The van der Waals surface area contributed by atoms with Crippen LogP contribution < -0.4 is 0 Å². The Morgan fingerprint density at radius 2 is 2.14 bits per heavy atom. The van der Waals surface area contributed by atoms with E-state index < -0.39 is 11.9 Å². The zero-order chi connectivity index (χ0) is 11.1. The second-order valence-electron chi connectivity index (χ2n) is 3.64. The lowest BCUT2D eigenvalue weighted by Gasteiger charge is -2.14. The number of rotatable bonds is 6. The van der Waals surface area contributed by atoms with Crippen molar-refractivity contribution in [3.8, 4) is 0 Å². The second kappa shape index (κ2) is 6.17. The highest BCUT2D eigenvalue weighted by Gasteiger charge is 2.23. The summed E-state index contributed by atoms with van der Waals surface area (Å²) in [6, 6.07) is 0. The summed E-state index contributed by atoms with van der Waals surface area (Å²) in [6.45, 7) is 7.32. The number of carbonyl (C=O) groups excluding carboxylic acids is 1. The van der Waals surface area contributed by atoms with Crippen LogP contribution in [-0.4, -0.2) is 17.0 Å². The molecule has 0 aromatic rings. The maximum atomic E-state index is 10.9. The molecule has 0 unspecified atom stereocenters. The molecule has 78 valence electrons. The average molecular weight is 196 g/mol. The van der Waals surface area contributed by atoms with E-state index in [0.717, 1.165) is 0 Å². The van der Waals surface area contributed by atoms with E-state index in [1.54, 1.807) is 5.94 Å². The van der Waals surface area contributed by atoms with Gasteiger partial charge in [0.25, 0.3) is 0 Å². The van der Waals surface area contributed by atoms with Gasteiger partial charge in [0.15, 0.2) is 0 Å². The van der Waals surface area contributed by atoms with Gasteiger partial charge < -0.3 is 5.11 Å². The summed E-state index contributed by atoms with van der Waals surface area (Å²) in [5, 5.41) is 8.92. The van der Waals surface area contributed by atoms with Crippen molar-refractivity contribution in [2.45, 2.75) is 26.7 Å². The first-order valence-corrected chi connectivity index (χ1v) is 4.60. The molecule has 0 aliphatic carbocycles. The summed E-state index contributed by atoms with van der Waals surface area (Å²) in [5.41, 5.74) is 0.279. The highest BCUT2D eigenvalue weighted by atomic mass is 16.4. The van der Waals surface area contributed by atoms with Gasteiger partial charge in [0.2, 0.25) is 0 Å². The van der Waals surface area contributed by atoms with Gasteiger partial charge in [-0.1, -0.05) is 19.9 Å². The second-order valence-corrected chi connectivity index (χ2v) is 3.64.